The average Bonchev–Trinajstić information content (AvgIpc) is 3.81. The Kier molecular flexibility index (Phi) is 23.7. The molecule has 7 aromatic rings. The minimum absolute atomic E-state index is 1.21. The molecule has 0 saturated heterocycles. The van der Waals surface area contributed by atoms with Crippen LogP contribution in [0.4, 0.5) is 0 Å². The first-order valence-corrected chi connectivity index (χ1v) is 15.0. The zero-order valence-electron chi connectivity index (χ0n) is 17.7. The van der Waals surface area contributed by atoms with E-state index in [1.165, 1.54) is 64.0 Å². The number of hydrogen-bond donors (Lipinski definition) is 0. The molecule has 0 aliphatic rings. The van der Waals surface area contributed by atoms with Crippen LogP contribution in [-0.4, -0.2) is 47.2 Å². The van der Waals surface area contributed by atoms with E-state index in [1.54, 1.807) is 75.7 Å². The summed E-state index contributed by atoms with van der Waals surface area (Å²) in [5.41, 5.74) is 6.83. The number of aromatic nitrogens is 10. The molecule has 0 radical (unpaired) electrons. The van der Waals surface area contributed by atoms with Crippen molar-refractivity contribution in [2.24, 2.45) is 0 Å². The van der Waals surface area contributed by atoms with Crippen molar-refractivity contribution in [2.45, 2.75) is 0 Å². The van der Waals surface area contributed by atoms with E-state index >= 15 is 0 Å². The third-order valence-corrected chi connectivity index (χ3v) is 5.65. The van der Waals surface area contributed by atoms with E-state index in [0.717, 1.165) is 0 Å². The lowest BCUT2D eigenvalue weighted by atomic mass is 10.7. The molecule has 0 unspecified atom stereocenters. The van der Waals surface area contributed by atoms with Gasteiger partial charge >= 0.3 is 0 Å². The van der Waals surface area contributed by atoms with Gasteiger partial charge in [-0.25, -0.2) is 9.36 Å². The molecule has 0 aliphatic heterocycles. The molecule has 17 heteroatoms. The molecule has 0 aliphatic carbocycles. The second kappa shape index (κ2) is 27.4. The molecule has 0 saturated carbocycles. The molecule has 0 amide bonds. The lowest BCUT2D eigenvalue weighted by Crippen LogP contribution is -1.53. The van der Waals surface area contributed by atoms with Crippen LogP contribution in [0.5, 0.6) is 0 Å². The van der Waals surface area contributed by atoms with Gasteiger partial charge in [-0.15, -0.1) is 38.0 Å². The van der Waals surface area contributed by atoms with Crippen molar-refractivity contribution in [1.29, 1.82) is 0 Å². The van der Waals surface area contributed by atoms with E-state index in [0.29, 0.717) is 0 Å². The van der Waals surface area contributed by atoms with Gasteiger partial charge in [-0.1, -0.05) is 16.6 Å². The summed E-state index contributed by atoms with van der Waals surface area (Å²) < 4.78 is 18.2. The third-order valence-electron chi connectivity index (χ3n) is 2.25. The molecule has 10 nitrogen and oxygen atoms in total. The van der Waals surface area contributed by atoms with Crippen LogP contribution in [0.1, 0.15) is 0 Å². The van der Waals surface area contributed by atoms with Gasteiger partial charge in [0.1, 0.15) is 22.9 Å². The molecule has 35 heavy (non-hydrogen) atoms. The lowest BCUT2D eigenvalue weighted by molar-refractivity contribution is 1.09. The van der Waals surface area contributed by atoms with Gasteiger partial charge in [0.15, 0.2) is 0 Å². The standard InChI is InChI=1S/C4H4S.2C3H3NS.4C2H2N2S/c1-2-4-5-3-1;1-2-5-3-4-1;1-2-4-5-3-1;1-3-4-2-5-1;1-3-2-5-4-1;1-2-5-4-3-1;1-2-4-5-3-1/h1-4H;2*1-3H;4*1-2H. The Morgan fingerprint density at radius 3 is 1.46 bits per heavy atom. The van der Waals surface area contributed by atoms with Crippen molar-refractivity contribution in [3.63, 3.8) is 0 Å². The van der Waals surface area contributed by atoms with Crippen LogP contribution >= 0.6 is 80.3 Å². The van der Waals surface area contributed by atoms with Crippen LogP contribution in [0, 0.1) is 0 Å². The van der Waals surface area contributed by atoms with Crippen molar-refractivity contribution < 1.29 is 0 Å². The van der Waals surface area contributed by atoms with Crippen LogP contribution in [0.2, 0.25) is 0 Å². The van der Waals surface area contributed by atoms with E-state index in [-0.39, 0.29) is 0 Å². The second-order valence-electron chi connectivity index (χ2n) is 4.49. The van der Waals surface area contributed by atoms with Crippen LogP contribution < -0.4 is 0 Å². The van der Waals surface area contributed by atoms with Gasteiger partial charge in [0, 0.05) is 28.5 Å². The predicted molar refractivity (Wildman–Crippen MR) is 148 cm³/mol. The smallest absolute Gasteiger partial charge is 0.129 e. The van der Waals surface area contributed by atoms with E-state index in [4.69, 9.17) is 0 Å². The minimum Gasteiger partial charge on any atom is -0.253 e. The normalized spacial score (nSPS) is 8.00. The highest BCUT2D eigenvalue weighted by molar-refractivity contribution is 7.08. The van der Waals surface area contributed by atoms with Gasteiger partial charge in [-0.2, -0.15) is 24.5 Å². The lowest BCUT2D eigenvalue weighted by Gasteiger charge is -1.41. The summed E-state index contributed by atoms with van der Waals surface area (Å²) in [5, 5.41) is 20.2. The molecule has 0 aromatic carbocycles. The molecule has 0 spiro atoms. The first-order valence-electron chi connectivity index (χ1n) is 8.94. The third kappa shape index (κ3) is 25.7. The zero-order valence-corrected chi connectivity index (χ0v) is 23.4. The number of thiazole rings is 1. The van der Waals surface area contributed by atoms with Gasteiger partial charge in [-0.3, -0.25) is 4.98 Å². The highest BCUT2D eigenvalue weighted by Gasteiger charge is 1.63. The van der Waals surface area contributed by atoms with Crippen molar-refractivity contribution in [3.05, 3.63) is 104 Å². The summed E-state index contributed by atoms with van der Waals surface area (Å²) in [6.45, 7) is 0. The number of hydrogen-bond acceptors (Lipinski definition) is 17. The number of nitrogens with zero attached hydrogens (tertiary/aromatic N) is 10. The van der Waals surface area contributed by atoms with Gasteiger partial charge in [0.2, 0.25) is 0 Å². The van der Waals surface area contributed by atoms with Gasteiger partial charge < -0.3 is 0 Å². The van der Waals surface area contributed by atoms with E-state index in [9.17, 15) is 0 Å². The second-order valence-corrected chi connectivity index (χ2v) is 9.32. The van der Waals surface area contributed by atoms with Crippen LogP contribution in [-0.2, 0) is 0 Å². The van der Waals surface area contributed by atoms with Crippen molar-refractivity contribution in [1.82, 2.24) is 47.2 Å². The maximum atomic E-state index is 3.76. The highest BCUT2D eigenvalue weighted by Crippen LogP contribution is 1.91. The fourth-order valence-electron chi connectivity index (χ4n) is 1.12. The SMILES string of the molecule is c1ccsc1.c1cnsc1.c1cnsn1.c1cscn1.c1csnn1.c1ncsn1.c1nncs1. The molecule has 7 rings (SSSR count). The summed E-state index contributed by atoms with van der Waals surface area (Å²) in [6, 6.07) is 5.94. The molecule has 7 aromatic heterocycles. The predicted octanol–water partition coefficient (Wildman–Crippen LogP) is 6.19. The molecule has 0 atom stereocenters. The van der Waals surface area contributed by atoms with E-state index in [2.05, 4.69) is 47.2 Å². The summed E-state index contributed by atoms with van der Waals surface area (Å²) >= 11 is 10.2. The Bertz CT molecular complexity index is 705. The summed E-state index contributed by atoms with van der Waals surface area (Å²) in [5.74, 6) is 0. The molecule has 0 N–H and O–H groups in total. The average molecular weight is 599 g/mol. The Hall–Kier alpha value is -2.80. The first-order chi connectivity index (χ1) is 17.5. The molecular formula is C18H18N10S7. The zero-order chi connectivity index (χ0) is 24.7. The Morgan fingerprint density at radius 2 is 1.26 bits per heavy atom. The van der Waals surface area contributed by atoms with Gasteiger partial charge in [0.25, 0.3) is 0 Å². The van der Waals surface area contributed by atoms with Gasteiger partial charge in [0.05, 0.1) is 35.8 Å². The Balaban J connectivity index is 0.000000204. The van der Waals surface area contributed by atoms with Crippen molar-refractivity contribution in [2.75, 3.05) is 0 Å². The minimum atomic E-state index is 1.21. The maximum Gasteiger partial charge on any atom is 0.129 e. The fraction of sp³-hybridized carbons (Fsp3) is 0. The Labute approximate surface area is 230 Å². The first kappa shape index (κ1) is 30.2. The highest BCUT2D eigenvalue weighted by atomic mass is 32.1. The van der Waals surface area contributed by atoms with Gasteiger partial charge in [-0.05, 0) is 51.4 Å². The molecule has 182 valence electrons. The number of thiophene rings is 1. The van der Waals surface area contributed by atoms with E-state index < -0.39 is 0 Å². The summed E-state index contributed by atoms with van der Waals surface area (Å²) in [4.78, 5) is 7.37. The quantitative estimate of drug-likeness (QED) is 0.199. The molecule has 7 heterocycles. The summed E-state index contributed by atoms with van der Waals surface area (Å²) in [6.07, 6.45) is 10.0. The topological polar surface area (TPSA) is 129 Å². The van der Waals surface area contributed by atoms with E-state index in [1.807, 2.05) is 45.1 Å². The monoisotopic (exact) mass is 598 g/mol. The van der Waals surface area contributed by atoms with Crippen LogP contribution in [0.15, 0.2) is 104 Å². The summed E-state index contributed by atoms with van der Waals surface area (Å²) in [7, 11) is 0. The van der Waals surface area contributed by atoms with Crippen molar-refractivity contribution in [3.8, 4) is 0 Å². The molecule has 0 fully saturated rings. The number of rotatable bonds is 0. The van der Waals surface area contributed by atoms with Crippen molar-refractivity contribution >= 4 is 80.3 Å². The molecular weight excluding hydrogens is 581 g/mol. The Morgan fingerprint density at radius 1 is 0.429 bits per heavy atom. The largest absolute Gasteiger partial charge is 0.253 e. The van der Waals surface area contributed by atoms with Crippen LogP contribution in [0.25, 0.3) is 0 Å². The maximum absolute atomic E-state index is 3.76. The van der Waals surface area contributed by atoms with Crippen LogP contribution in [0.3, 0.4) is 0 Å². The fourth-order valence-corrected chi connectivity index (χ4v) is 3.37. The molecule has 0 bridgehead atoms.